The Bertz CT molecular complexity index is 479. The lowest BCUT2D eigenvalue weighted by molar-refractivity contribution is 0.790. The van der Waals surface area contributed by atoms with E-state index in [-0.39, 0.29) is 0 Å². The van der Waals surface area contributed by atoms with Gasteiger partial charge in [-0.15, -0.1) is 0 Å². The first-order valence-electron chi connectivity index (χ1n) is 4.57. The summed E-state index contributed by atoms with van der Waals surface area (Å²) in [6.07, 6.45) is 2.50. The molecule has 3 nitrogen and oxygen atoms in total. The molecule has 15 heavy (non-hydrogen) atoms. The highest BCUT2D eigenvalue weighted by Gasteiger charge is 2.10. The van der Waals surface area contributed by atoms with Crippen LogP contribution >= 0.6 is 23.2 Å². The minimum Gasteiger partial charge on any atom is -0.236 e. The van der Waals surface area contributed by atoms with Crippen molar-refractivity contribution in [3.63, 3.8) is 0 Å². The smallest absolute Gasteiger partial charge is 0.172 e. The van der Waals surface area contributed by atoms with E-state index in [1.807, 2.05) is 13.0 Å². The molecule has 0 amide bonds. The molecule has 0 unspecified atom stereocenters. The van der Waals surface area contributed by atoms with Crippen LogP contribution in [0.15, 0.2) is 24.4 Å². The molecule has 0 atom stereocenters. The molecule has 0 bridgehead atoms. The van der Waals surface area contributed by atoms with Crippen LogP contribution in [0, 0.1) is 0 Å². The Hall–Kier alpha value is -1.06. The predicted molar refractivity (Wildman–Crippen MR) is 60.8 cm³/mol. The van der Waals surface area contributed by atoms with Crippen molar-refractivity contribution in [3.8, 4) is 5.82 Å². The monoisotopic (exact) mass is 241 g/mol. The van der Waals surface area contributed by atoms with E-state index in [0.29, 0.717) is 16.0 Å². The summed E-state index contributed by atoms with van der Waals surface area (Å²) in [4.78, 5) is 4.18. The van der Waals surface area contributed by atoms with Crippen molar-refractivity contribution >= 4 is 23.2 Å². The Morgan fingerprint density at radius 2 is 2.20 bits per heavy atom. The lowest BCUT2D eigenvalue weighted by Gasteiger charge is -2.05. The first kappa shape index (κ1) is 10.5. The van der Waals surface area contributed by atoms with Crippen molar-refractivity contribution in [2.45, 2.75) is 13.3 Å². The minimum atomic E-state index is 0.452. The molecule has 78 valence electrons. The maximum absolute atomic E-state index is 6.03. The maximum atomic E-state index is 6.03. The second kappa shape index (κ2) is 4.21. The molecule has 5 heteroatoms. The molecule has 0 aliphatic heterocycles. The van der Waals surface area contributed by atoms with Gasteiger partial charge in [0.2, 0.25) is 0 Å². The number of hydrogen-bond acceptors (Lipinski definition) is 2. The third-order valence-electron chi connectivity index (χ3n) is 2.06. The summed E-state index contributed by atoms with van der Waals surface area (Å²) < 4.78 is 1.67. The van der Waals surface area contributed by atoms with Crippen LogP contribution in [0.4, 0.5) is 0 Å². The molecule has 0 aromatic carbocycles. The van der Waals surface area contributed by atoms with Gasteiger partial charge in [0.1, 0.15) is 0 Å². The van der Waals surface area contributed by atoms with E-state index in [4.69, 9.17) is 23.2 Å². The fourth-order valence-corrected chi connectivity index (χ4v) is 1.76. The first-order chi connectivity index (χ1) is 7.22. The third-order valence-corrected chi connectivity index (χ3v) is 2.53. The van der Waals surface area contributed by atoms with E-state index in [1.54, 1.807) is 23.0 Å². The van der Waals surface area contributed by atoms with E-state index in [9.17, 15) is 0 Å². The second-order valence-electron chi connectivity index (χ2n) is 3.03. The minimum absolute atomic E-state index is 0.452. The van der Waals surface area contributed by atoms with Crippen molar-refractivity contribution in [2.75, 3.05) is 0 Å². The molecule has 0 aliphatic rings. The molecular weight excluding hydrogens is 233 g/mol. The molecule has 0 saturated carbocycles. The molecule has 0 N–H and O–H groups in total. The number of nitrogens with zero attached hydrogens (tertiary/aromatic N) is 3. The highest BCUT2D eigenvalue weighted by molar-refractivity contribution is 6.32. The molecule has 0 saturated heterocycles. The summed E-state index contributed by atoms with van der Waals surface area (Å²) in [5.41, 5.74) is 0.987. The van der Waals surface area contributed by atoms with Gasteiger partial charge in [-0.3, -0.25) is 0 Å². The van der Waals surface area contributed by atoms with E-state index in [2.05, 4.69) is 10.1 Å². The summed E-state index contributed by atoms with van der Waals surface area (Å²) in [7, 11) is 0. The summed E-state index contributed by atoms with van der Waals surface area (Å²) in [5.74, 6) is 0.614. The molecule has 2 aromatic heterocycles. The fourth-order valence-electron chi connectivity index (χ4n) is 1.36. The average molecular weight is 242 g/mol. The number of rotatable bonds is 2. The fraction of sp³-hybridized carbons (Fsp3) is 0.200. The van der Waals surface area contributed by atoms with Crippen LogP contribution in [-0.4, -0.2) is 14.8 Å². The van der Waals surface area contributed by atoms with Crippen LogP contribution in [-0.2, 0) is 6.42 Å². The summed E-state index contributed by atoms with van der Waals surface area (Å²) in [6, 6.07) is 5.37. The third kappa shape index (κ3) is 1.98. The largest absolute Gasteiger partial charge is 0.236 e. The van der Waals surface area contributed by atoms with Crippen LogP contribution in [0.1, 0.15) is 12.6 Å². The Morgan fingerprint density at radius 3 is 2.87 bits per heavy atom. The van der Waals surface area contributed by atoms with Crippen LogP contribution in [0.3, 0.4) is 0 Å². The number of halogens is 2. The summed E-state index contributed by atoms with van der Waals surface area (Å²) in [6.45, 7) is 2.03. The predicted octanol–water partition coefficient (Wildman–Crippen LogP) is 3.14. The van der Waals surface area contributed by atoms with E-state index in [0.717, 1.165) is 12.1 Å². The number of pyridine rings is 1. The molecule has 0 aliphatic carbocycles. The van der Waals surface area contributed by atoms with Gasteiger partial charge in [-0.1, -0.05) is 30.1 Å². The average Bonchev–Trinajstić information content (AvgIpc) is 2.60. The lowest BCUT2D eigenvalue weighted by Crippen LogP contribution is -2.03. The second-order valence-corrected chi connectivity index (χ2v) is 3.83. The van der Waals surface area contributed by atoms with Crippen LogP contribution in [0.25, 0.3) is 5.82 Å². The van der Waals surface area contributed by atoms with Gasteiger partial charge in [-0.25, -0.2) is 9.67 Å². The SMILES string of the molecule is CCc1cc(Cl)nn1-c1ncccc1Cl. The van der Waals surface area contributed by atoms with E-state index < -0.39 is 0 Å². The van der Waals surface area contributed by atoms with Crippen molar-refractivity contribution in [1.29, 1.82) is 0 Å². The number of hydrogen-bond donors (Lipinski definition) is 0. The topological polar surface area (TPSA) is 30.7 Å². The quantitative estimate of drug-likeness (QED) is 0.809. The van der Waals surface area contributed by atoms with Crippen molar-refractivity contribution < 1.29 is 0 Å². The van der Waals surface area contributed by atoms with Gasteiger partial charge >= 0.3 is 0 Å². The highest BCUT2D eigenvalue weighted by atomic mass is 35.5. The Morgan fingerprint density at radius 1 is 1.40 bits per heavy atom. The lowest BCUT2D eigenvalue weighted by atomic mass is 10.3. The molecule has 0 fully saturated rings. The van der Waals surface area contributed by atoms with Crippen molar-refractivity contribution in [3.05, 3.63) is 40.3 Å². The van der Waals surface area contributed by atoms with Gasteiger partial charge in [0.05, 0.1) is 5.02 Å². The van der Waals surface area contributed by atoms with Gasteiger partial charge in [0.15, 0.2) is 11.0 Å². The standard InChI is InChI=1S/C10H9Cl2N3/c1-2-7-6-9(12)14-15(7)10-8(11)4-3-5-13-10/h3-6H,2H2,1H3. The molecule has 2 rings (SSSR count). The van der Waals surface area contributed by atoms with Crippen LogP contribution in [0.5, 0.6) is 0 Å². The normalized spacial score (nSPS) is 10.6. The van der Waals surface area contributed by atoms with Crippen LogP contribution < -0.4 is 0 Å². The Kier molecular flexibility index (Phi) is 2.93. The number of aryl methyl sites for hydroxylation is 1. The van der Waals surface area contributed by atoms with Gasteiger partial charge in [-0.2, -0.15) is 5.10 Å². The molecule has 2 heterocycles. The molecular formula is C10H9Cl2N3. The molecule has 0 radical (unpaired) electrons. The van der Waals surface area contributed by atoms with Gasteiger partial charge < -0.3 is 0 Å². The number of aromatic nitrogens is 3. The van der Waals surface area contributed by atoms with Gasteiger partial charge in [0.25, 0.3) is 0 Å². The maximum Gasteiger partial charge on any atom is 0.172 e. The molecule has 0 spiro atoms. The Balaban J connectivity index is 2.58. The van der Waals surface area contributed by atoms with E-state index >= 15 is 0 Å². The Labute approximate surface area is 97.7 Å². The molecule has 2 aromatic rings. The van der Waals surface area contributed by atoms with Gasteiger partial charge in [-0.05, 0) is 24.6 Å². The van der Waals surface area contributed by atoms with E-state index in [1.165, 1.54) is 0 Å². The van der Waals surface area contributed by atoms with Crippen molar-refractivity contribution in [2.24, 2.45) is 0 Å². The zero-order chi connectivity index (χ0) is 10.8. The zero-order valence-corrected chi connectivity index (χ0v) is 9.63. The summed E-state index contributed by atoms with van der Waals surface area (Å²) >= 11 is 11.9. The van der Waals surface area contributed by atoms with Crippen molar-refractivity contribution in [1.82, 2.24) is 14.8 Å². The van der Waals surface area contributed by atoms with Gasteiger partial charge in [0, 0.05) is 11.9 Å². The summed E-state index contributed by atoms with van der Waals surface area (Å²) in [5, 5.41) is 5.16. The van der Waals surface area contributed by atoms with Crippen LogP contribution in [0.2, 0.25) is 10.2 Å². The highest BCUT2D eigenvalue weighted by Crippen LogP contribution is 2.20. The zero-order valence-electron chi connectivity index (χ0n) is 8.11. The first-order valence-corrected chi connectivity index (χ1v) is 5.33.